The third kappa shape index (κ3) is 3.84. The molecule has 1 fully saturated rings. The van der Waals surface area contributed by atoms with Crippen LogP contribution in [0.25, 0.3) is 0 Å². The monoisotopic (exact) mass is 392 g/mol. The van der Waals surface area contributed by atoms with Crippen molar-refractivity contribution in [2.45, 2.75) is 37.6 Å². The van der Waals surface area contributed by atoms with E-state index in [4.69, 9.17) is 0 Å². The van der Waals surface area contributed by atoms with Gasteiger partial charge in [0, 0.05) is 26.7 Å². The minimum atomic E-state index is -3.61. The minimum Gasteiger partial charge on any atom is -0.337 e. The van der Waals surface area contributed by atoms with E-state index in [1.165, 1.54) is 15.6 Å². The highest BCUT2D eigenvalue weighted by atomic mass is 32.2. The first-order chi connectivity index (χ1) is 12.4. The van der Waals surface area contributed by atoms with Crippen molar-refractivity contribution in [2.24, 2.45) is 0 Å². The van der Waals surface area contributed by atoms with E-state index in [2.05, 4.69) is 0 Å². The van der Waals surface area contributed by atoms with Gasteiger partial charge in [0.1, 0.15) is 9.77 Å². The number of benzene rings is 1. The Hall–Kier alpha value is -1.70. The third-order valence-corrected chi connectivity index (χ3v) is 7.74. The first-order valence-corrected chi connectivity index (χ1v) is 11.1. The number of rotatable bonds is 5. The smallest absolute Gasteiger partial charge is 0.265 e. The molecule has 0 aliphatic carbocycles. The van der Waals surface area contributed by atoms with E-state index in [9.17, 15) is 13.2 Å². The summed E-state index contributed by atoms with van der Waals surface area (Å²) < 4.78 is 27.5. The van der Waals surface area contributed by atoms with Crippen LogP contribution in [0.1, 0.15) is 40.1 Å². The molecule has 7 heteroatoms. The SMILES string of the molecule is Cc1ccccc1CN(C)C(=O)c1sccc1S(=O)(=O)N1CCCCC1. The van der Waals surface area contributed by atoms with Crippen LogP contribution in [0, 0.1) is 6.92 Å². The third-order valence-electron chi connectivity index (χ3n) is 4.77. The highest BCUT2D eigenvalue weighted by Gasteiger charge is 2.31. The zero-order chi connectivity index (χ0) is 18.7. The van der Waals surface area contributed by atoms with Gasteiger partial charge in [-0.15, -0.1) is 11.3 Å². The van der Waals surface area contributed by atoms with E-state index in [1.807, 2.05) is 31.2 Å². The van der Waals surface area contributed by atoms with Crippen LogP contribution in [0.3, 0.4) is 0 Å². The Bertz CT molecular complexity index is 884. The standard InChI is InChI=1S/C19H24N2O3S2/c1-15-8-4-5-9-16(15)14-20(2)19(22)18-17(10-13-25-18)26(23,24)21-11-6-3-7-12-21/h4-5,8-10,13H,3,6-7,11-12,14H2,1-2H3. The van der Waals surface area contributed by atoms with Crippen LogP contribution < -0.4 is 0 Å². The highest BCUT2D eigenvalue weighted by Crippen LogP contribution is 2.28. The zero-order valence-corrected chi connectivity index (χ0v) is 16.8. The number of sulfonamides is 1. The van der Waals surface area contributed by atoms with E-state index < -0.39 is 10.0 Å². The van der Waals surface area contributed by atoms with Gasteiger partial charge in [-0.25, -0.2) is 8.42 Å². The molecule has 1 amide bonds. The minimum absolute atomic E-state index is 0.144. The number of thiophene rings is 1. The van der Waals surface area contributed by atoms with E-state index in [0.717, 1.165) is 30.4 Å². The summed E-state index contributed by atoms with van der Waals surface area (Å²) in [6, 6.07) is 9.45. The lowest BCUT2D eigenvalue weighted by Gasteiger charge is -2.26. The summed E-state index contributed by atoms with van der Waals surface area (Å²) in [6.07, 6.45) is 2.81. The van der Waals surface area contributed by atoms with Crippen LogP contribution in [0.15, 0.2) is 40.6 Å². The lowest BCUT2D eigenvalue weighted by Crippen LogP contribution is -2.36. The van der Waals surface area contributed by atoms with Crippen molar-refractivity contribution >= 4 is 27.3 Å². The van der Waals surface area contributed by atoms with Crippen LogP contribution >= 0.6 is 11.3 Å². The Morgan fingerprint density at radius 1 is 1.15 bits per heavy atom. The number of aryl methyl sites for hydroxylation is 1. The van der Waals surface area contributed by atoms with Crippen molar-refractivity contribution in [3.63, 3.8) is 0 Å². The molecule has 0 bridgehead atoms. The van der Waals surface area contributed by atoms with Gasteiger partial charge in [0.2, 0.25) is 10.0 Å². The maximum Gasteiger partial charge on any atom is 0.265 e. The summed E-state index contributed by atoms with van der Waals surface area (Å²) >= 11 is 1.19. The fourth-order valence-corrected chi connectivity index (χ4v) is 6.10. The average Bonchev–Trinajstić information content (AvgIpc) is 3.14. The molecular formula is C19H24N2O3S2. The molecule has 140 valence electrons. The summed E-state index contributed by atoms with van der Waals surface area (Å²) in [5.74, 6) is -0.251. The van der Waals surface area contributed by atoms with E-state index in [1.54, 1.807) is 23.4 Å². The summed E-state index contributed by atoms with van der Waals surface area (Å²) in [4.78, 5) is 15.0. The van der Waals surface area contributed by atoms with Gasteiger partial charge in [-0.2, -0.15) is 4.31 Å². The lowest BCUT2D eigenvalue weighted by molar-refractivity contribution is 0.0786. The Kier molecular flexibility index (Phi) is 5.79. The van der Waals surface area contributed by atoms with Gasteiger partial charge in [0.15, 0.2) is 0 Å². The Balaban J connectivity index is 1.83. The first-order valence-electron chi connectivity index (χ1n) is 8.79. The zero-order valence-electron chi connectivity index (χ0n) is 15.1. The predicted octanol–water partition coefficient (Wildman–Crippen LogP) is 3.50. The van der Waals surface area contributed by atoms with Crippen molar-refractivity contribution in [2.75, 3.05) is 20.1 Å². The normalized spacial score (nSPS) is 15.8. The molecule has 1 saturated heterocycles. The number of hydrogen-bond acceptors (Lipinski definition) is 4. The molecule has 0 unspecified atom stereocenters. The quantitative estimate of drug-likeness (QED) is 0.782. The number of carbonyl (C=O) groups is 1. The predicted molar refractivity (Wildman–Crippen MR) is 104 cm³/mol. The number of amides is 1. The molecule has 2 aromatic rings. The van der Waals surface area contributed by atoms with Crippen molar-refractivity contribution in [1.29, 1.82) is 0 Å². The van der Waals surface area contributed by atoms with Crippen LogP contribution in [-0.2, 0) is 16.6 Å². The van der Waals surface area contributed by atoms with E-state index in [-0.39, 0.29) is 10.8 Å². The second kappa shape index (κ2) is 7.90. The number of hydrogen-bond donors (Lipinski definition) is 0. The number of piperidine rings is 1. The molecular weight excluding hydrogens is 368 g/mol. The molecule has 2 heterocycles. The van der Waals surface area contributed by atoms with Gasteiger partial charge in [0.05, 0.1) is 0 Å². The topological polar surface area (TPSA) is 57.7 Å². The fraction of sp³-hybridized carbons (Fsp3) is 0.421. The Labute approximate surface area is 159 Å². The van der Waals surface area contributed by atoms with E-state index >= 15 is 0 Å². The Morgan fingerprint density at radius 2 is 1.85 bits per heavy atom. The number of nitrogens with zero attached hydrogens (tertiary/aromatic N) is 2. The van der Waals surface area contributed by atoms with Crippen LogP contribution in [-0.4, -0.2) is 43.7 Å². The summed E-state index contributed by atoms with van der Waals surface area (Å²) in [7, 11) is -1.90. The lowest BCUT2D eigenvalue weighted by atomic mass is 10.1. The van der Waals surface area contributed by atoms with Crippen LogP contribution in [0.4, 0.5) is 0 Å². The molecule has 26 heavy (non-hydrogen) atoms. The maximum absolute atomic E-state index is 13.0. The molecule has 1 aliphatic rings. The second-order valence-corrected chi connectivity index (χ2v) is 9.49. The molecule has 0 atom stereocenters. The van der Waals surface area contributed by atoms with Gasteiger partial charge in [-0.1, -0.05) is 30.7 Å². The molecule has 5 nitrogen and oxygen atoms in total. The molecule has 0 N–H and O–H groups in total. The highest BCUT2D eigenvalue weighted by molar-refractivity contribution is 7.89. The van der Waals surface area contributed by atoms with Gasteiger partial charge in [0.25, 0.3) is 5.91 Å². The van der Waals surface area contributed by atoms with E-state index in [0.29, 0.717) is 24.5 Å². The largest absolute Gasteiger partial charge is 0.337 e. The molecule has 0 saturated carbocycles. The van der Waals surface area contributed by atoms with Crippen molar-refractivity contribution in [3.8, 4) is 0 Å². The summed E-state index contributed by atoms with van der Waals surface area (Å²) in [5.41, 5.74) is 2.17. The van der Waals surface area contributed by atoms with Crippen molar-refractivity contribution < 1.29 is 13.2 Å². The van der Waals surface area contributed by atoms with Crippen molar-refractivity contribution in [1.82, 2.24) is 9.21 Å². The molecule has 1 aromatic carbocycles. The summed E-state index contributed by atoms with van der Waals surface area (Å²) in [5, 5.41) is 1.69. The molecule has 1 aromatic heterocycles. The molecule has 1 aliphatic heterocycles. The maximum atomic E-state index is 13.0. The van der Waals surface area contributed by atoms with Gasteiger partial charge in [-0.05, 0) is 42.3 Å². The van der Waals surface area contributed by atoms with Crippen molar-refractivity contribution in [3.05, 3.63) is 51.7 Å². The molecule has 0 spiro atoms. The second-order valence-electron chi connectivity index (χ2n) is 6.67. The number of carbonyl (C=O) groups excluding carboxylic acids is 1. The van der Waals surface area contributed by atoms with Crippen LogP contribution in [0.2, 0.25) is 0 Å². The van der Waals surface area contributed by atoms with Gasteiger partial charge in [-0.3, -0.25) is 4.79 Å². The molecule has 0 radical (unpaired) electrons. The fourth-order valence-electron chi connectivity index (χ4n) is 3.19. The first kappa shape index (κ1) is 19.1. The van der Waals surface area contributed by atoms with Gasteiger partial charge < -0.3 is 4.90 Å². The molecule has 3 rings (SSSR count). The average molecular weight is 393 g/mol. The van der Waals surface area contributed by atoms with Gasteiger partial charge >= 0.3 is 0 Å². The van der Waals surface area contributed by atoms with Crippen LogP contribution in [0.5, 0.6) is 0 Å². The summed E-state index contributed by atoms with van der Waals surface area (Å²) in [6.45, 7) is 3.52. The Morgan fingerprint density at radius 3 is 2.54 bits per heavy atom.